The van der Waals surface area contributed by atoms with Crippen LogP contribution in [0.15, 0.2) is 59.4 Å². The zero-order chi connectivity index (χ0) is 13.2. The minimum atomic E-state index is -0.000671. The molecule has 0 unspecified atom stereocenters. The molecule has 0 radical (unpaired) electrons. The van der Waals surface area contributed by atoms with Crippen LogP contribution >= 0.6 is 0 Å². The summed E-state index contributed by atoms with van der Waals surface area (Å²) in [4.78, 5) is 15.0. The van der Waals surface area contributed by atoms with Gasteiger partial charge in [0.2, 0.25) is 0 Å². The Morgan fingerprint density at radius 1 is 1.00 bits per heavy atom. The summed E-state index contributed by atoms with van der Waals surface area (Å²) in [5.74, 6) is 0. The third-order valence-electron chi connectivity index (χ3n) is 3.35. The SMILES string of the molecule is Cc1ccc(Cc2cc3ccccc3[nH]c2=O)cc1. The number of para-hydroxylation sites is 1. The van der Waals surface area contributed by atoms with Gasteiger partial charge in [-0.2, -0.15) is 0 Å². The molecule has 3 aromatic rings. The quantitative estimate of drug-likeness (QED) is 0.741. The molecule has 3 rings (SSSR count). The van der Waals surface area contributed by atoms with Crippen LogP contribution in [0.25, 0.3) is 10.9 Å². The molecular formula is C17H15NO. The van der Waals surface area contributed by atoms with Crippen molar-refractivity contribution in [1.82, 2.24) is 4.98 Å². The van der Waals surface area contributed by atoms with Crippen LogP contribution in [0, 0.1) is 6.92 Å². The van der Waals surface area contributed by atoms with E-state index in [1.807, 2.05) is 30.3 Å². The van der Waals surface area contributed by atoms with Crippen LogP contribution in [-0.2, 0) is 6.42 Å². The van der Waals surface area contributed by atoms with Crippen LogP contribution < -0.4 is 5.56 Å². The lowest BCUT2D eigenvalue weighted by atomic mass is 10.0. The molecule has 0 bridgehead atoms. The zero-order valence-electron chi connectivity index (χ0n) is 10.8. The van der Waals surface area contributed by atoms with Gasteiger partial charge in [-0.25, -0.2) is 0 Å². The summed E-state index contributed by atoms with van der Waals surface area (Å²) in [5, 5.41) is 1.07. The first-order chi connectivity index (χ1) is 9.22. The van der Waals surface area contributed by atoms with Gasteiger partial charge in [0.15, 0.2) is 0 Å². The molecule has 0 aliphatic carbocycles. The molecule has 0 spiro atoms. The van der Waals surface area contributed by atoms with Crippen molar-refractivity contribution in [3.63, 3.8) is 0 Å². The summed E-state index contributed by atoms with van der Waals surface area (Å²) >= 11 is 0. The van der Waals surface area contributed by atoms with E-state index in [0.29, 0.717) is 6.42 Å². The molecule has 19 heavy (non-hydrogen) atoms. The van der Waals surface area contributed by atoms with E-state index in [1.54, 1.807) is 0 Å². The highest BCUT2D eigenvalue weighted by atomic mass is 16.1. The number of nitrogens with one attached hydrogen (secondary N) is 1. The molecule has 1 heterocycles. The van der Waals surface area contributed by atoms with Gasteiger partial charge in [0.05, 0.1) is 0 Å². The van der Waals surface area contributed by atoms with Crippen molar-refractivity contribution in [3.05, 3.63) is 81.6 Å². The molecule has 0 fully saturated rings. The topological polar surface area (TPSA) is 32.9 Å². The molecule has 0 atom stereocenters. The molecule has 0 aliphatic rings. The largest absolute Gasteiger partial charge is 0.322 e. The van der Waals surface area contributed by atoms with Gasteiger partial charge in [0, 0.05) is 17.5 Å². The van der Waals surface area contributed by atoms with Crippen molar-refractivity contribution in [3.8, 4) is 0 Å². The molecule has 0 aliphatic heterocycles. The standard InChI is InChI=1S/C17H15NO/c1-12-6-8-13(9-7-12)10-15-11-14-4-2-3-5-16(14)18-17(15)19/h2-9,11H,10H2,1H3,(H,18,19). The monoisotopic (exact) mass is 249 g/mol. The Labute approximate surface area is 111 Å². The predicted molar refractivity (Wildman–Crippen MR) is 78.6 cm³/mol. The van der Waals surface area contributed by atoms with Crippen LogP contribution in [0.2, 0.25) is 0 Å². The summed E-state index contributed by atoms with van der Waals surface area (Å²) in [5.41, 5.74) is 4.09. The first-order valence-corrected chi connectivity index (χ1v) is 6.39. The van der Waals surface area contributed by atoms with E-state index >= 15 is 0 Å². The molecule has 0 amide bonds. The van der Waals surface area contributed by atoms with E-state index in [4.69, 9.17) is 0 Å². The second-order valence-corrected chi connectivity index (χ2v) is 4.87. The first-order valence-electron chi connectivity index (χ1n) is 6.39. The van der Waals surface area contributed by atoms with Crippen molar-refractivity contribution >= 4 is 10.9 Å². The van der Waals surface area contributed by atoms with Gasteiger partial charge >= 0.3 is 0 Å². The number of hydrogen-bond acceptors (Lipinski definition) is 1. The smallest absolute Gasteiger partial charge is 0.251 e. The van der Waals surface area contributed by atoms with Crippen LogP contribution in [0.1, 0.15) is 16.7 Å². The third kappa shape index (κ3) is 2.43. The minimum Gasteiger partial charge on any atom is -0.322 e. The summed E-state index contributed by atoms with van der Waals surface area (Å²) in [6.45, 7) is 2.06. The molecular weight excluding hydrogens is 234 g/mol. The highest BCUT2D eigenvalue weighted by molar-refractivity contribution is 5.78. The molecule has 0 saturated heterocycles. The number of rotatable bonds is 2. The van der Waals surface area contributed by atoms with E-state index < -0.39 is 0 Å². The zero-order valence-corrected chi connectivity index (χ0v) is 10.8. The first kappa shape index (κ1) is 11.7. The fourth-order valence-corrected chi connectivity index (χ4v) is 2.25. The molecule has 2 heteroatoms. The Kier molecular flexibility index (Phi) is 2.92. The minimum absolute atomic E-state index is 0.000671. The van der Waals surface area contributed by atoms with E-state index in [9.17, 15) is 4.79 Å². The Hall–Kier alpha value is -2.35. The number of aromatic amines is 1. The van der Waals surface area contributed by atoms with Gasteiger partial charge in [0.1, 0.15) is 0 Å². The fraction of sp³-hybridized carbons (Fsp3) is 0.118. The molecule has 2 aromatic carbocycles. The summed E-state index contributed by atoms with van der Waals surface area (Å²) in [7, 11) is 0. The van der Waals surface area contributed by atoms with E-state index in [0.717, 1.165) is 22.0 Å². The van der Waals surface area contributed by atoms with Crippen molar-refractivity contribution < 1.29 is 0 Å². The number of hydrogen-bond donors (Lipinski definition) is 1. The number of fused-ring (bicyclic) bond motifs is 1. The summed E-state index contributed by atoms with van der Waals surface area (Å²) in [6.07, 6.45) is 0.667. The molecule has 2 nitrogen and oxygen atoms in total. The molecule has 0 saturated carbocycles. The maximum atomic E-state index is 12.0. The van der Waals surface area contributed by atoms with Gasteiger partial charge in [-0.15, -0.1) is 0 Å². The fourth-order valence-electron chi connectivity index (χ4n) is 2.25. The van der Waals surface area contributed by atoms with Crippen molar-refractivity contribution in [2.75, 3.05) is 0 Å². The van der Waals surface area contributed by atoms with Crippen LogP contribution in [-0.4, -0.2) is 4.98 Å². The maximum Gasteiger partial charge on any atom is 0.251 e. The summed E-state index contributed by atoms with van der Waals surface area (Å²) < 4.78 is 0. The van der Waals surface area contributed by atoms with Crippen molar-refractivity contribution in [2.24, 2.45) is 0 Å². The number of aromatic nitrogens is 1. The second-order valence-electron chi connectivity index (χ2n) is 4.87. The molecule has 1 N–H and O–H groups in total. The van der Waals surface area contributed by atoms with E-state index in [2.05, 4.69) is 36.2 Å². The Morgan fingerprint density at radius 2 is 1.74 bits per heavy atom. The Morgan fingerprint density at radius 3 is 2.53 bits per heavy atom. The lowest BCUT2D eigenvalue weighted by Gasteiger charge is -2.04. The van der Waals surface area contributed by atoms with Crippen molar-refractivity contribution in [1.29, 1.82) is 0 Å². The number of H-pyrrole nitrogens is 1. The Balaban J connectivity index is 2.03. The normalized spacial score (nSPS) is 10.8. The van der Waals surface area contributed by atoms with Crippen LogP contribution in [0.5, 0.6) is 0 Å². The van der Waals surface area contributed by atoms with Crippen LogP contribution in [0.3, 0.4) is 0 Å². The number of aryl methyl sites for hydroxylation is 1. The Bertz CT molecular complexity index is 769. The van der Waals surface area contributed by atoms with Crippen molar-refractivity contribution in [2.45, 2.75) is 13.3 Å². The average Bonchev–Trinajstić information content (AvgIpc) is 2.42. The highest BCUT2D eigenvalue weighted by Gasteiger charge is 2.03. The third-order valence-corrected chi connectivity index (χ3v) is 3.35. The molecule has 94 valence electrons. The van der Waals surface area contributed by atoms with E-state index in [-0.39, 0.29) is 5.56 Å². The number of benzene rings is 2. The average molecular weight is 249 g/mol. The van der Waals surface area contributed by atoms with Gasteiger partial charge in [0.25, 0.3) is 5.56 Å². The molecule has 1 aromatic heterocycles. The van der Waals surface area contributed by atoms with Gasteiger partial charge in [-0.05, 0) is 30.0 Å². The number of pyridine rings is 1. The summed E-state index contributed by atoms with van der Waals surface area (Å²) in [6, 6.07) is 18.1. The van der Waals surface area contributed by atoms with Gasteiger partial charge < -0.3 is 4.98 Å². The van der Waals surface area contributed by atoms with E-state index in [1.165, 1.54) is 5.56 Å². The van der Waals surface area contributed by atoms with Gasteiger partial charge in [-0.3, -0.25) is 4.79 Å². The van der Waals surface area contributed by atoms with Crippen LogP contribution in [0.4, 0.5) is 0 Å². The maximum absolute atomic E-state index is 12.0. The predicted octanol–water partition coefficient (Wildman–Crippen LogP) is 3.43. The lowest BCUT2D eigenvalue weighted by Crippen LogP contribution is -2.12. The van der Waals surface area contributed by atoms with Gasteiger partial charge in [-0.1, -0.05) is 48.0 Å². The second kappa shape index (κ2) is 4.73. The highest BCUT2D eigenvalue weighted by Crippen LogP contribution is 2.13. The lowest BCUT2D eigenvalue weighted by molar-refractivity contribution is 1.12.